The van der Waals surface area contributed by atoms with Gasteiger partial charge < -0.3 is 4.57 Å². The Morgan fingerprint density at radius 3 is 3.05 bits per heavy atom. The second-order valence-corrected chi connectivity index (χ2v) is 6.52. The van der Waals surface area contributed by atoms with E-state index in [0.29, 0.717) is 11.8 Å². The van der Waals surface area contributed by atoms with Crippen molar-refractivity contribution in [2.24, 2.45) is 5.92 Å². The molecule has 1 aromatic heterocycles. The van der Waals surface area contributed by atoms with Gasteiger partial charge in [0.1, 0.15) is 11.4 Å². The summed E-state index contributed by atoms with van der Waals surface area (Å²) >= 11 is 0. The van der Waals surface area contributed by atoms with Crippen LogP contribution in [0.25, 0.3) is 0 Å². The van der Waals surface area contributed by atoms with Crippen molar-refractivity contribution in [1.29, 1.82) is 5.26 Å². The van der Waals surface area contributed by atoms with Crippen LogP contribution in [0.1, 0.15) is 64.6 Å². The van der Waals surface area contributed by atoms with Crippen LogP contribution in [-0.4, -0.2) is 21.6 Å². The highest BCUT2D eigenvalue weighted by Crippen LogP contribution is 2.38. The summed E-state index contributed by atoms with van der Waals surface area (Å²) in [6.07, 6.45) is 9.41. The summed E-state index contributed by atoms with van der Waals surface area (Å²) in [5.74, 6) is 2.05. The fourth-order valence-electron chi connectivity index (χ4n) is 3.54. The van der Waals surface area contributed by atoms with Crippen LogP contribution in [0.3, 0.4) is 0 Å². The third kappa shape index (κ3) is 3.47. The van der Waals surface area contributed by atoms with E-state index in [1.54, 1.807) is 0 Å². The van der Waals surface area contributed by atoms with E-state index in [2.05, 4.69) is 47.9 Å². The highest BCUT2D eigenvalue weighted by atomic mass is 15.1. The minimum atomic E-state index is -0.297. The molecule has 1 N–H and O–H groups in total. The first-order chi connectivity index (χ1) is 10.1. The van der Waals surface area contributed by atoms with Crippen molar-refractivity contribution in [1.82, 2.24) is 14.9 Å². The molecule has 4 heteroatoms. The van der Waals surface area contributed by atoms with Gasteiger partial charge in [-0.15, -0.1) is 0 Å². The van der Waals surface area contributed by atoms with Gasteiger partial charge in [0, 0.05) is 24.9 Å². The van der Waals surface area contributed by atoms with E-state index in [4.69, 9.17) is 0 Å². The highest BCUT2D eigenvalue weighted by Gasteiger charge is 2.42. The van der Waals surface area contributed by atoms with E-state index in [-0.39, 0.29) is 5.54 Å². The van der Waals surface area contributed by atoms with E-state index in [1.807, 2.05) is 6.20 Å². The monoisotopic (exact) mass is 288 g/mol. The average Bonchev–Trinajstić information content (AvgIpc) is 3.10. The van der Waals surface area contributed by atoms with E-state index in [1.165, 1.54) is 0 Å². The Bertz CT molecular complexity index is 485. The standard InChI is InChI=1S/C17H28N4/c1-4-9-20-17(13-18)8-5-6-15(17)7-11-21-12-10-19-16(21)14(2)3/h10,12,14-15,20H,4-9,11H2,1-3H3. The summed E-state index contributed by atoms with van der Waals surface area (Å²) in [7, 11) is 0. The summed E-state index contributed by atoms with van der Waals surface area (Å²) < 4.78 is 2.25. The minimum Gasteiger partial charge on any atom is -0.335 e. The van der Waals surface area contributed by atoms with Crippen molar-refractivity contribution in [3.63, 3.8) is 0 Å². The molecule has 0 spiro atoms. The van der Waals surface area contributed by atoms with Crippen molar-refractivity contribution in [2.45, 2.75) is 70.9 Å². The van der Waals surface area contributed by atoms with Crippen molar-refractivity contribution in [3.05, 3.63) is 18.2 Å². The second-order valence-electron chi connectivity index (χ2n) is 6.52. The van der Waals surface area contributed by atoms with Gasteiger partial charge in [-0.1, -0.05) is 27.2 Å². The van der Waals surface area contributed by atoms with Crippen molar-refractivity contribution >= 4 is 0 Å². The Morgan fingerprint density at radius 1 is 1.57 bits per heavy atom. The van der Waals surface area contributed by atoms with Crippen LogP contribution in [0.15, 0.2) is 12.4 Å². The molecule has 0 radical (unpaired) electrons. The normalized spacial score (nSPS) is 25.4. The third-order valence-electron chi connectivity index (χ3n) is 4.69. The van der Waals surface area contributed by atoms with Gasteiger partial charge in [-0.25, -0.2) is 4.98 Å². The van der Waals surface area contributed by atoms with Crippen molar-refractivity contribution in [2.75, 3.05) is 6.54 Å². The Morgan fingerprint density at radius 2 is 2.38 bits per heavy atom. The van der Waals surface area contributed by atoms with Gasteiger partial charge in [-0.2, -0.15) is 5.26 Å². The van der Waals surface area contributed by atoms with Gasteiger partial charge in [-0.05, 0) is 38.1 Å². The topological polar surface area (TPSA) is 53.6 Å². The predicted molar refractivity (Wildman–Crippen MR) is 84.9 cm³/mol. The quantitative estimate of drug-likeness (QED) is 0.836. The smallest absolute Gasteiger partial charge is 0.111 e. The molecule has 0 amide bonds. The fourth-order valence-corrected chi connectivity index (χ4v) is 3.54. The molecule has 1 heterocycles. The SMILES string of the molecule is CCCNC1(C#N)CCCC1CCn1ccnc1C(C)C. The fraction of sp³-hybridized carbons (Fsp3) is 0.765. The zero-order chi connectivity index (χ0) is 15.3. The maximum atomic E-state index is 9.68. The minimum absolute atomic E-state index is 0.297. The molecule has 2 atom stereocenters. The molecule has 1 aromatic rings. The number of aromatic nitrogens is 2. The summed E-state index contributed by atoms with van der Waals surface area (Å²) in [4.78, 5) is 4.45. The molecule has 116 valence electrons. The van der Waals surface area contributed by atoms with Crippen molar-refractivity contribution in [3.8, 4) is 6.07 Å². The predicted octanol–water partition coefficient (Wildman–Crippen LogP) is 3.46. The molecule has 2 rings (SSSR count). The highest BCUT2D eigenvalue weighted by molar-refractivity contribution is 5.14. The lowest BCUT2D eigenvalue weighted by molar-refractivity contribution is 0.289. The molecule has 1 aliphatic carbocycles. The molecule has 1 fully saturated rings. The molecular formula is C17H28N4. The number of aryl methyl sites for hydroxylation is 1. The lowest BCUT2D eigenvalue weighted by atomic mass is 9.85. The maximum absolute atomic E-state index is 9.68. The zero-order valence-corrected chi connectivity index (χ0v) is 13.6. The molecule has 0 bridgehead atoms. The molecular weight excluding hydrogens is 260 g/mol. The lowest BCUT2D eigenvalue weighted by Gasteiger charge is -2.30. The number of imidazole rings is 1. The van der Waals surface area contributed by atoms with Crippen LogP contribution in [-0.2, 0) is 6.54 Å². The van der Waals surface area contributed by atoms with Crippen LogP contribution in [0, 0.1) is 17.2 Å². The van der Waals surface area contributed by atoms with E-state index >= 15 is 0 Å². The molecule has 21 heavy (non-hydrogen) atoms. The average molecular weight is 288 g/mol. The Kier molecular flexibility index (Phi) is 5.41. The zero-order valence-electron chi connectivity index (χ0n) is 13.6. The van der Waals surface area contributed by atoms with Crippen LogP contribution in [0.4, 0.5) is 0 Å². The van der Waals surface area contributed by atoms with Crippen LogP contribution in [0.2, 0.25) is 0 Å². The molecule has 4 nitrogen and oxygen atoms in total. The summed E-state index contributed by atoms with van der Waals surface area (Å²) in [6.45, 7) is 8.41. The largest absolute Gasteiger partial charge is 0.335 e. The van der Waals surface area contributed by atoms with E-state index in [0.717, 1.165) is 51.0 Å². The molecule has 2 unspecified atom stereocenters. The first-order valence-electron chi connectivity index (χ1n) is 8.30. The number of hydrogen-bond acceptors (Lipinski definition) is 3. The maximum Gasteiger partial charge on any atom is 0.111 e. The Labute approximate surface area is 128 Å². The van der Waals surface area contributed by atoms with E-state index < -0.39 is 0 Å². The first-order valence-corrected chi connectivity index (χ1v) is 8.30. The van der Waals surface area contributed by atoms with Gasteiger partial charge in [0.2, 0.25) is 0 Å². The summed E-state index contributed by atoms with van der Waals surface area (Å²) in [5.41, 5.74) is -0.297. The molecule has 0 saturated heterocycles. The lowest BCUT2D eigenvalue weighted by Crippen LogP contribution is -2.47. The molecule has 1 aliphatic rings. The summed E-state index contributed by atoms with van der Waals surface area (Å²) in [6, 6.07) is 2.59. The van der Waals surface area contributed by atoms with Crippen LogP contribution < -0.4 is 5.32 Å². The molecule has 1 saturated carbocycles. The van der Waals surface area contributed by atoms with E-state index in [9.17, 15) is 5.26 Å². The number of rotatable bonds is 7. The first kappa shape index (κ1) is 16.0. The van der Waals surface area contributed by atoms with Crippen LogP contribution in [0.5, 0.6) is 0 Å². The van der Waals surface area contributed by atoms with Crippen molar-refractivity contribution < 1.29 is 0 Å². The number of nitrogens with one attached hydrogen (secondary N) is 1. The van der Waals surface area contributed by atoms with Gasteiger partial charge >= 0.3 is 0 Å². The molecule has 0 aliphatic heterocycles. The number of hydrogen-bond donors (Lipinski definition) is 1. The van der Waals surface area contributed by atoms with Gasteiger partial charge in [0.25, 0.3) is 0 Å². The summed E-state index contributed by atoms with van der Waals surface area (Å²) in [5, 5.41) is 13.2. The number of nitriles is 1. The third-order valence-corrected chi connectivity index (χ3v) is 4.69. The van der Waals surface area contributed by atoms with Gasteiger partial charge in [-0.3, -0.25) is 5.32 Å². The Balaban J connectivity index is 2.01. The Hall–Kier alpha value is -1.34. The second kappa shape index (κ2) is 7.09. The van der Waals surface area contributed by atoms with Gasteiger partial charge in [0.15, 0.2) is 0 Å². The molecule has 0 aromatic carbocycles. The number of nitrogens with zero attached hydrogens (tertiary/aromatic N) is 3. The van der Waals surface area contributed by atoms with Gasteiger partial charge in [0.05, 0.1) is 6.07 Å². The van der Waals surface area contributed by atoms with Crippen LogP contribution >= 0.6 is 0 Å².